The molecule has 1 unspecified atom stereocenters. The molecule has 0 aliphatic carbocycles. The van der Waals surface area contributed by atoms with Gasteiger partial charge in [0, 0.05) is 13.1 Å². The predicted molar refractivity (Wildman–Crippen MR) is 90.9 cm³/mol. The van der Waals surface area contributed by atoms with Gasteiger partial charge in [0.15, 0.2) is 17.6 Å². The van der Waals surface area contributed by atoms with Crippen molar-refractivity contribution in [2.75, 3.05) is 6.79 Å². The van der Waals surface area contributed by atoms with E-state index in [2.05, 4.69) is 10.3 Å². The third-order valence-corrected chi connectivity index (χ3v) is 4.09. The van der Waals surface area contributed by atoms with Gasteiger partial charge in [-0.25, -0.2) is 4.99 Å². The monoisotopic (exact) mass is 325 g/mol. The molecule has 3 N–H and O–H groups in total. The van der Waals surface area contributed by atoms with E-state index in [1.54, 1.807) is 0 Å². The van der Waals surface area contributed by atoms with Crippen LogP contribution in [0.2, 0.25) is 0 Å². The fourth-order valence-electron chi connectivity index (χ4n) is 2.74. The third kappa shape index (κ3) is 2.88. The van der Waals surface area contributed by atoms with E-state index in [1.165, 1.54) is 0 Å². The smallest absolute Gasteiger partial charge is 0.231 e. The molecule has 6 heteroatoms. The van der Waals surface area contributed by atoms with Crippen molar-refractivity contribution in [3.63, 3.8) is 0 Å². The molecule has 2 heterocycles. The number of rotatable bonds is 4. The molecule has 2 aliphatic rings. The maximum atomic E-state index is 5.85. The van der Waals surface area contributed by atoms with Gasteiger partial charge in [-0.15, -0.1) is 0 Å². The summed E-state index contributed by atoms with van der Waals surface area (Å²) in [5, 5.41) is 3.42. The summed E-state index contributed by atoms with van der Waals surface area (Å²) in [4.78, 5) is 4.40. The van der Waals surface area contributed by atoms with Crippen LogP contribution in [0.3, 0.4) is 0 Å². The van der Waals surface area contributed by atoms with E-state index >= 15 is 0 Å². The highest BCUT2D eigenvalue weighted by atomic mass is 16.7. The highest BCUT2D eigenvalue weighted by molar-refractivity contribution is 5.89. The standard InChI is InChI=1S/C18H19N3O3/c1-11-18(19)21-14-6-12(2-4-15(14)24-11)8-20-9-13-3-5-16-17(7-13)23-10-22-16/h2-7,11,20H,8-10H2,1H3,(H2,19,21). The lowest BCUT2D eigenvalue weighted by Gasteiger charge is -2.21. The third-order valence-electron chi connectivity index (χ3n) is 4.09. The summed E-state index contributed by atoms with van der Waals surface area (Å²) in [5.41, 5.74) is 8.91. The molecule has 0 saturated carbocycles. The Labute approximate surface area is 140 Å². The molecule has 0 radical (unpaired) electrons. The lowest BCUT2D eigenvalue weighted by Crippen LogP contribution is -2.33. The molecule has 4 rings (SSSR count). The fourth-order valence-corrected chi connectivity index (χ4v) is 2.74. The van der Waals surface area contributed by atoms with Gasteiger partial charge in [-0.2, -0.15) is 0 Å². The number of nitrogens with one attached hydrogen (secondary N) is 1. The minimum atomic E-state index is -0.174. The molecule has 0 amide bonds. The summed E-state index contributed by atoms with van der Waals surface area (Å²) in [6.45, 7) is 3.66. The number of nitrogens with two attached hydrogens (primary N) is 1. The van der Waals surface area contributed by atoms with Crippen LogP contribution in [-0.2, 0) is 13.1 Å². The normalized spacial score (nSPS) is 17.9. The van der Waals surface area contributed by atoms with Crippen molar-refractivity contribution in [1.82, 2.24) is 5.32 Å². The second kappa shape index (κ2) is 6.05. The topological polar surface area (TPSA) is 78.1 Å². The van der Waals surface area contributed by atoms with E-state index in [0.29, 0.717) is 12.6 Å². The summed E-state index contributed by atoms with van der Waals surface area (Å²) in [6, 6.07) is 12.0. The largest absolute Gasteiger partial charge is 0.481 e. The van der Waals surface area contributed by atoms with Crippen molar-refractivity contribution in [3.05, 3.63) is 47.5 Å². The zero-order chi connectivity index (χ0) is 16.5. The van der Waals surface area contributed by atoms with E-state index in [4.69, 9.17) is 19.9 Å². The molecule has 1 atom stereocenters. The minimum absolute atomic E-state index is 0.174. The summed E-state index contributed by atoms with van der Waals surface area (Å²) in [7, 11) is 0. The molecule has 124 valence electrons. The first-order chi connectivity index (χ1) is 11.7. The summed E-state index contributed by atoms with van der Waals surface area (Å²) < 4.78 is 16.4. The lowest BCUT2D eigenvalue weighted by atomic mass is 10.1. The average Bonchev–Trinajstić information content (AvgIpc) is 3.04. The molecule has 0 fully saturated rings. The van der Waals surface area contributed by atoms with Gasteiger partial charge in [-0.3, -0.25) is 0 Å². The first-order valence-electron chi connectivity index (χ1n) is 7.92. The Kier molecular flexibility index (Phi) is 3.74. The Morgan fingerprint density at radius 1 is 1.04 bits per heavy atom. The number of fused-ring (bicyclic) bond motifs is 2. The average molecular weight is 325 g/mol. The van der Waals surface area contributed by atoms with Crippen LogP contribution in [0.4, 0.5) is 5.69 Å². The number of aliphatic imine (C=N–C) groups is 1. The molecule has 2 aliphatic heterocycles. The molecular formula is C18H19N3O3. The van der Waals surface area contributed by atoms with Crippen LogP contribution >= 0.6 is 0 Å². The van der Waals surface area contributed by atoms with Crippen molar-refractivity contribution in [2.24, 2.45) is 10.7 Å². The number of ether oxygens (including phenoxy) is 3. The lowest BCUT2D eigenvalue weighted by molar-refractivity contribution is 0.174. The Balaban J connectivity index is 1.40. The van der Waals surface area contributed by atoms with E-state index in [-0.39, 0.29) is 6.10 Å². The Bertz CT molecular complexity index is 804. The molecule has 6 nitrogen and oxygen atoms in total. The van der Waals surface area contributed by atoms with Crippen LogP contribution in [0.5, 0.6) is 17.2 Å². The highest BCUT2D eigenvalue weighted by Gasteiger charge is 2.18. The number of hydrogen-bond donors (Lipinski definition) is 2. The van der Waals surface area contributed by atoms with Gasteiger partial charge in [-0.1, -0.05) is 12.1 Å². The zero-order valence-electron chi connectivity index (χ0n) is 13.4. The van der Waals surface area contributed by atoms with Crippen molar-refractivity contribution in [3.8, 4) is 17.2 Å². The van der Waals surface area contributed by atoms with Gasteiger partial charge in [-0.05, 0) is 42.3 Å². The summed E-state index contributed by atoms with van der Waals surface area (Å²) in [6.07, 6.45) is -0.174. The van der Waals surface area contributed by atoms with Crippen molar-refractivity contribution in [1.29, 1.82) is 0 Å². The van der Waals surface area contributed by atoms with Crippen LogP contribution in [0, 0.1) is 0 Å². The van der Waals surface area contributed by atoms with Crippen molar-refractivity contribution >= 4 is 11.5 Å². The quantitative estimate of drug-likeness (QED) is 0.903. The maximum absolute atomic E-state index is 5.85. The van der Waals surface area contributed by atoms with Crippen LogP contribution in [0.25, 0.3) is 0 Å². The Morgan fingerprint density at radius 3 is 2.58 bits per heavy atom. The second-order valence-electron chi connectivity index (χ2n) is 5.89. The van der Waals surface area contributed by atoms with Crippen LogP contribution in [0.15, 0.2) is 41.4 Å². The summed E-state index contributed by atoms with van der Waals surface area (Å²) in [5.74, 6) is 2.89. The number of hydrogen-bond acceptors (Lipinski definition) is 6. The Morgan fingerprint density at radius 2 is 1.75 bits per heavy atom. The van der Waals surface area contributed by atoms with Crippen LogP contribution < -0.4 is 25.3 Å². The van der Waals surface area contributed by atoms with Crippen LogP contribution in [0.1, 0.15) is 18.1 Å². The number of nitrogens with zero attached hydrogens (tertiary/aromatic N) is 1. The Hall–Kier alpha value is -2.73. The molecule has 2 aromatic rings. The van der Waals surface area contributed by atoms with Gasteiger partial charge in [0.05, 0.1) is 0 Å². The highest BCUT2D eigenvalue weighted by Crippen LogP contribution is 2.33. The molecule has 2 aromatic carbocycles. The predicted octanol–water partition coefficient (Wildman–Crippen LogP) is 2.47. The molecule has 0 spiro atoms. The molecule has 0 aromatic heterocycles. The number of amidine groups is 1. The van der Waals surface area contributed by atoms with Gasteiger partial charge < -0.3 is 25.3 Å². The minimum Gasteiger partial charge on any atom is -0.481 e. The maximum Gasteiger partial charge on any atom is 0.231 e. The molecule has 0 bridgehead atoms. The van der Waals surface area contributed by atoms with Gasteiger partial charge in [0.1, 0.15) is 17.3 Å². The van der Waals surface area contributed by atoms with Crippen LogP contribution in [-0.4, -0.2) is 18.7 Å². The van der Waals surface area contributed by atoms with E-state index < -0.39 is 0 Å². The zero-order valence-corrected chi connectivity index (χ0v) is 13.4. The molecule has 24 heavy (non-hydrogen) atoms. The van der Waals surface area contributed by atoms with Gasteiger partial charge >= 0.3 is 0 Å². The SMILES string of the molecule is CC1Oc2ccc(CNCc3ccc4c(c3)OCO4)cc2N=C1N. The van der Waals surface area contributed by atoms with Gasteiger partial charge in [0.2, 0.25) is 6.79 Å². The van der Waals surface area contributed by atoms with E-state index in [9.17, 15) is 0 Å². The molecular weight excluding hydrogens is 306 g/mol. The number of benzene rings is 2. The second-order valence-corrected chi connectivity index (χ2v) is 5.89. The molecule has 0 saturated heterocycles. The van der Waals surface area contributed by atoms with Crippen molar-refractivity contribution < 1.29 is 14.2 Å². The summed E-state index contributed by atoms with van der Waals surface area (Å²) >= 11 is 0. The first-order valence-corrected chi connectivity index (χ1v) is 7.92. The van der Waals surface area contributed by atoms with E-state index in [0.717, 1.165) is 47.2 Å². The first kappa shape index (κ1) is 14.8. The van der Waals surface area contributed by atoms with E-state index in [1.807, 2.05) is 43.3 Å². The van der Waals surface area contributed by atoms with Gasteiger partial charge in [0.25, 0.3) is 0 Å². The fraction of sp³-hybridized carbons (Fsp3) is 0.278. The van der Waals surface area contributed by atoms with Crippen molar-refractivity contribution in [2.45, 2.75) is 26.1 Å².